The van der Waals surface area contributed by atoms with Gasteiger partial charge in [0.1, 0.15) is 18.3 Å². The van der Waals surface area contributed by atoms with Gasteiger partial charge in [0.05, 0.1) is 12.1 Å². The molecule has 1 aliphatic rings. The Morgan fingerprint density at radius 1 is 1.42 bits per heavy atom. The van der Waals surface area contributed by atoms with E-state index in [1.54, 1.807) is 6.92 Å². The largest absolute Gasteiger partial charge is 0.491 e. The monoisotopic (exact) mass is 330 g/mol. The average Bonchev–Trinajstić information content (AvgIpc) is 2.51. The highest BCUT2D eigenvalue weighted by atomic mass is 16.5. The van der Waals surface area contributed by atoms with Crippen LogP contribution in [-0.2, 0) is 9.53 Å². The van der Waals surface area contributed by atoms with E-state index < -0.39 is 24.0 Å². The number of amides is 2. The molecule has 1 N–H and O–H groups in total. The van der Waals surface area contributed by atoms with Gasteiger partial charge in [0.2, 0.25) is 0 Å². The Bertz CT molecular complexity index is 667. The van der Waals surface area contributed by atoms with Crippen LogP contribution in [0.5, 0.6) is 5.75 Å². The summed E-state index contributed by atoms with van der Waals surface area (Å²) in [5.41, 5.74) is 1.13. The summed E-state index contributed by atoms with van der Waals surface area (Å²) in [4.78, 5) is 28.2. The van der Waals surface area contributed by atoms with Gasteiger partial charge in [-0.1, -0.05) is 30.9 Å². The minimum absolute atomic E-state index is 0.0358. The third-order valence-electron chi connectivity index (χ3n) is 3.55. The van der Waals surface area contributed by atoms with E-state index in [2.05, 4.69) is 16.9 Å². The lowest BCUT2D eigenvalue weighted by atomic mass is 9.88. The fraction of sp³-hybridized carbons (Fsp3) is 0.389. The van der Waals surface area contributed by atoms with Crippen LogP contribution in [0, 0.1) is 5.92 Å². The Labute approximate surface area is 141 Å². The molecule has 1 aliphatic heterocycles. The number of aliphatic imine (C=N–C) groups is 1. The van der Waals surface area contributed by atoms with Gasteiger partial charge >= 0.3 is 12.0 Å². The van der Waals surface area contributed by atoms with Gasteiger partial charge in [-0.15, -0.1) is 0 Å². The van der Waals surface area contributed by atoms with E-state index in [0.717, 1.165) is 0 Å². The Morgan fingerprint density at radius 2 is 2.12 bits per heavy atom. The molecule has 0 fully saturated rings. The summed E-state index contributed by atoms with van der Waals surface area (Å²) >= 11 is 0. The smallest absolute Gasteiger partial charge is 0.341 e. The van der Waals surface area contributed by atoms with Gasteiger partial charge < -0.3 is 14.8 Å². The van der Waals surface area contributed by atoms with Crippen LogP contribution in [0.4, 0.5) is 4.79 Å². The van der Waals surface area contributed by atoms with E-state index in [1.807, 2.05) is 38.1 Å². The zero-order chi connectivity index (χ0) is 17.7. The molecule has 0 spiro atoms. The molecule has 0 saturated heterocycles. The number of ether oxygens (including phenoxy) is 2. The molecule has 0 aromatic heterocycles. The van der Waals surface area contributed by atoms with Gasteiger partial charge in [-0.25, -0.2) is 9.79 Å². The molecule has 1 aromatic carbocycles. The lowest BCUT2D eigenvalue weighted by molar-refractivity contribution is -0.145. The highest BCUT2D eigenvalue weighted by molar-refractivity contribution is 6.08. The Morgan fingerprint density at radius 3 is 2.79 bits per heavy atom. The normalized spacial score (nSPS) is 20.2. The van der Waals surface area contributed by atoms with E-state index >= 15 is 0 Å². The van der Waals surface area contributed by atoms with E-state index in [1.165, 1.54) is 6.08 Å². The molecular weight excluding hydrogens is 308 g/mol. The van der Waals surface area contributed by atoms with Crippen LogP contribution in [0.3, 0.4) is 0 Å². The van der Waals surface area contributed by atoms with Gasteiger partial charge in [-0.05, 0) is 26.8 Å². The molecule has 128 valence electrons. The predicted octanol–water partition coefficient (Wildman–Crippen LogP) is 3.04. The van der Waals surface area contributed by atoms with Crippen molar-refractivity contribution in [2.75, 3.05) is 6.61 Å². The minimum atomic E-state index is -0.709. The summed E-state index contributed by atoms with van der Waals surface area (Å²) in [6.45, 7) is 9.12. The number of para-hydroxylation sites is 1. The topological polar surface area (TPSA) is 77.0 Å². The number of hydrogen-bond donors (Lipinski definition) is 1. The van der Waals surface area contributed by atoms with Crippen molar-refractivity contribution in [2.24, 2.45) is 10.9 Å². The van der Waals surface area contributed by atoms with Gasteiger partial charge in [0, 0.05) is 11.3 Å². The minimum Gasteiger partial charge on any atom is -0.491 e. The molecule has 6 nitrogen and oxygen atoms in total. The second kappa shape index (κ2) is 7.77. The number of esters is 1. The maximum atomic E-state index is 12.4. The van der Waals surface area contributed by atoms with E-state index in [4.69, 9.17) is 9.47 Å². The lowest BCUT2D eigenvalue weighted by Crippen LogP contribution is -2.44. The summed E-state index contributed by atoms with van der Waals surface area (Å²) in [6, 6.07) is 6.25. The number of rotatable bonds is 6. The summed E-state index contributed by atoms with van der Waals surface area (Å²) < 4.78 is 11.0. The average molecular weight is 330 g/mol. The molecule has 0 bridgehead atoms. The van der Waals surface area contributed by atoms with Crippen molar-refractivity contribution in [3.63, 3.8) is 0 Å². The Hall–Kier alpha value is -2.63. The standard InChI is InChI=1S/C18H22N2O4/c1-5-10-23-17(21)15-12(4)19-18(22)20-16(15)13-8-6-7-9-14(13)24-11(2)3/h5-9,11,15-16H,1,10H2,2-4H3,(H,20,22). The molecule has 2 unspecified atom stereocenters. The van der Waals surface area contributed by atoms with Crippen LogP contribution in [0.2, 0.25) is 0 Å². The van der Waals surface area contributed by atoms with E-state index in [0.29, 0.717) is 17.0 Å². The van der Waals surface area contributed by atoms with E-state index in [-0.39, 0.29) is 12.7 Å². The third kappa shape index (κ3) is 4.01. The lowest BCUT2D eigenvalue weighted by Gasteiger charge is -2.31. The van der Waals surface area contributed by atoms with E-state index in [9.17, 15) is 9.59 Å². The number of carbonyl (C=O) groups is 2. The van der Waals surface area contributed by atoms with Crippen LogP contribution in [0.25, 0.3) is 0 Å². The summed E-state index contributed by atoms with van der Waals surface area (Å²) in [7, 11) is 0. The quantitative estimate of drug-likeness (QED) is 0.642. The second-order valence-electron chi connectivity index (χ2n) is 5.78. The van der Waals surface area contributed by atoms with Crippen LogP contribution >= 0.6 is 0 Å². The van der Waals surface area contributed by atoms with Gasteiger partial charge in [0.15, 0.2) is 0 Å². The maximum absolute atomic E-state index is 12.4. The van der Waals surface area contributed by atoms with Gasteiger partial charge in [0.25, 0.3) is 0 Å². The van der Waals surface area contributed by atoms with Crippen molar-refractivity contribution >= 4 is 17.7 Å². The van der Waals surface area contributed by atoms with Crippen molar-refractivity contribution < 1.29 is 19.1 Å². The van der Waals surface area contributed by atoms with Crippen molar-refractivity contribution in [1.82, 2.24) is 5.32 Å². The molecule has 2 amide bonds. The Kier molecular flexibility index (Phi) is 5.73. The molecule has 6 heteroatoms. The Balaban J connectivity index is 2.41. The SMILES string of the molecule is C=CCOC(=O)C1C(C)=NC(=O)NC1c1ccccc1OC(C)C. The first kappa shape index (κ1) is 17.7. The second-order valence-corrected chi connectivity index (χ2v) is 5.78. The van der Waals surface area contributed by atoms with Crippen LogP contribution < -0.4 is 10.1 Å². The summed E-state index contributed by atoms with van der Waals surface area (Å²) in [5, 5.41) is 2.75. The first-order chi connectivity index (χ1) is 11.4. The number of carbonyl (C=O) groups excluding carboxylic acids is 2. The van der Waals surface area contributed by atoms with Crippen molar-refractivity contribution in [3.8, 4) is 5.75 Å². The zero-order valence-corrected chi connectivity index (χ0v) is 14.1. The first-order valence-electron chi connectivity index (χ1n) is 7.82. The fourth-order valence-corrected chi connectivity index (χ4v) is 2.61. The molecule has 0 aliphatic carbocycles. The van der Waals surface area contributed by atoms with Crippen molar-refractivity contribution in [3.05, 3.63) is 42.5 Å². The number of hydrogen-bond acceptors (Lipinski definition) is 4. The zero-order valence-electron chi connectivity index (χ0n) is 14.1. The molecule has 0 radical (unpaired) electrons. The number of nitrogens with one attached hydrogen (secondary N) is 1. The van der Waals surface area contributed by atoms with Crippen molar-refractivity contribution in [1.29, 1.82) is 0 Å². The predicted molar refractivity (Wildman–Crippen MR) is 91.2 cm³/mol. The maximum Gasteiger partial charge on any atom is 0.341 e. The molecular formula is C18H22N2O4. The van der Waals surface area contributed by atoms with Crippen LogP contribution in [0.15, 0.2) is 41.9 Å². The molecule has 1 heterocycles. The number of urea groups is 1. The third-order valence-corrected chi connectivity index (χ3v) is 3.55. The van der Waals surface area contributed by atoms with Gasteiger partial charge in [-0.2, -0.15) is 0 Å². The van der Waals surface area contributed by atoms with Crippen LogP contribution in [-0.4, -0.2) is 30.4 Å². The van der Waals surface area contributed by atoms with Gasteiger partial charge in [-0.3, -0.25) is 4.79 Å². The van der Waals surface area contributed by atoms with Crippen molar-refractivity contribution in [2.45, 2.75) is 32.9 Å². The molecule has 2 atom stereocenters. The number of benzene rings is 1. The molecule has 24 heavy (non-hydrogen) atoms. The highest BCUT2D eigenvalue weighted by Gasteiger charge is 2.39. The van der Waals surface area contributed by atoms with Crippen LogP contribution in [0.1, 0.15) is 32.4 Å². The number of nitrogens with zero attached hydrogens (tertiary/aromatic N) is 1. The summed E-state index contributed by atoms with van der Waals surface area (Å²) in [6.07, 6.45) is 1.46. The fourth-order valence-electron chi connectivity index (χ4n) is 2.61. The first-order valence-corrected chi connectivity index (χ1v) is 7.82. The molecule has 0 saturated carbocycles. The highest BCUT2D eigenvalue weighted by Crippen LogP contribution is 2.34. The molecule has 1 aromatic rings. The summed E-state index contributed by atoms with van der Waals surface area (Å²) in [5.74, 6) is -0.547. The molecule has 2 rings (SSSR count).